The number of amides is 1. The SMILES string of the molecule is CCNC(=NCCC(=O)Nc1cccc(C)n1)NCCc1ccc(OC)c(OC)c1.I. The zero-order chi connectivity index (χ0) is 21.8. The Kier molecular flexibility index (Phi) is 12.3. The van der Waals surface area contributed by atoms with E-state index < -0.39 is 0 Å². The summed E-state index contributed by atoms with van der Waals surface area (Å²) >= 11 is 0. The van der Waals surface area contributed by atoms with E-state index >= 15 is 0 Å². The lowest BCUT2D eigenvalue weighted by Gasteiger charge is -2.12. The van der Waals surface area contributed by atoms with Crippen LogP contribution in [0.4, 0.5) is 5.82 Å². The number of halogens is 1. The maximum atomic E-state index is 12.1. The zero-order valence-electron chi connectivity index (χ0n) is 18.5. The number of nitrogens with one attached hydrogen (secondary N) is 3. The number of carbonyl (C=O) groups excluding carboxylic acids is 1. The van der Waals surface area contributed by atoms with E-state index in [1.807, 2.05) is 44.2 Å². The van der Waals surface area contributed by atoms with Crippen LogP contribution in [0.25, 0.3) is 0 Å². The molecule has 8 nitrogen and oxygen atoms in total. The van der Waals surface area contributed by atoms with Gasteiger partial charge in [0.25, 0.3) is 0 Å². The minimum atomic E-state index is -0.113. The van der Waals surface area contributed by atoms with Crippen molar-refractivity contribution in [2.75, 3.05) is 39.2 Å². The summed E-state index contributed by atoms with van der Waals surface area (Å²) in [6.07, 6.45) is 1.08. The van der Waals surface area contributed by atoms with E-state index in [-0.39, 0.29) is 36.3 Å². The van der Waals surface area contributed by atoms with Gasteiger partial charge in [0.05, 0.1) is 20.8 Å². The highest BCUT2D eigenvalue weighted by Crippen LogP contribution is 2.27. The molecule has 0 atom stereocenters. The van der Waals surface area contributed by atoms with Gasteiger partial charge in [-0.2, -0.15) is 0 Å². The number of guanidine groups is 1. The van der Waals surface area contributed by atoms with E-state index in [2.05, 4.69) is 25.9 Å². The fourth-order valence-corrected chi connectivity index (χ4v) is 2.79. The van der Waals surface area contributed by atoms with Crippen molar-refractivity contribution in [1.82, 2.24) is 15.6 Å². The number of nitrogens with zero attached hydrogens (tertiary/aromatic N) is 2. The molecule has 1 aromatic heterocycles. The number of aliphatic imine (C=N–C) groups is 1. The average molecular weight is 541 g/mol. The van der Waals surface area contributed by atoms with Crippen molar-refractivity contribution in [3.05, 3.63) is 47.7 Å². The molecule has 2 aromatic rings. The van der Waals surface area contributed by atoms with Crippen molar-refractivity contribution >= 4 is 41.7 Å². The minimum absolute atomic E-state index is 0. The molecule has 0 radical (unpaired) electrons. The van der Waals surface area contributed by atoms with Crippen molar-refractivity contribution in [2.24, 2.45) is 4.99 Å². The van der Waals surface area contributed by atoms with Gasteiger partial charge in [0.15, 0.2) is 17.5 Å². The number of rotatable bonds is 10. The standard InChI is InChI=1S/C22H31N5O3.HI/c1-5-23-22(24-13-11-17-9-10-18(29-3)19(15-17)30-4)25-14-12-21(28)27-20-8-6-7-16(2)26-20;/h6-10,15H,5,11-14H2,1-4H3,(H2,23,24,25)(H,26,27,28);1H. The number of aryl methyl sites for hydroxylation is 1. The first kappa shape index (κ1) is 26.5. The van der Waals surface area contributed by atoms with E-state index in [4.69, 9.17) is 9.47 Å². The number of benzene rings is 1. The molecule has 0 spiro atoms. The molecule has 3 N–H and O–H groups in total. The molecular weight excluding hydrogens is 509 g/mol. The lowest BCUT2D eigenvalue weighted by atomic mass is 10.1. The number of carbonyl (C=O) groups is 1. The van der Waals surface area contributed by atoms with Crippen molar-refractivity contribution in [3.63, 3.8) is 0 Å². The maximum Gasteiger partial charge on any atom is 0.227 e. The van der Waals surface area contributed by atoms with E-state index in [0.29, 0.717) is 36.4 Å². The molecule has 0 saturated carbocycles. The first-order chi connectivity index (χ1) is 14.5. The summed E-state index contributed by atoms with van der Waals surface area (Å²) in [6, 6.07) is 11.4. The summed E-state index contributed by atoms with van der Waals surface area (Å²) in [5, 5.41) is 9.27. The number of ether oxygens (including phenoxy) is 2. The van der Waals surface area contributed by atoms with Gasteiger partial charge >= 0.3 is 0 Å². The third-order valence-electron chi connectivity index (χ3n) is 4.26. The summed E-state index contributed by atoms with van der Waals surface area (Å²) in [5.74, 6) is 2.55. The summed E-state index contributed by atoms with van der Waals surface area (Å²) in [7, 11) is 3.25. The fourth-order valence-electron chi connectivity index (χ4n) is 2.79. The van der Waals surface area contributed by atoms with E-state index in [0.717, 1.165) is 24.2 Å². The van der Waals surface area contributed by atoms with Gasteiger partial charge in [0.1, 0.15) is 5.82 Å². The van der Waals surface area contributed by atoms with Gasteiger partial charge in [-0.15, -0.1) is 24.0 Å². The molecule has 1 amide bonds. The largest absolute Gasteiger partial charge is 0.493 e. The highest BCUT2D eigenvalue weighted by Gasteiger charge is 2.06. The fraction of sp³-hybridized carbons (Fsp3) is 0.409. The molecule has 0 saturated heterocycles. The number of anilines is 1. The Bertz CT molecular complexity index is 861. The lowest BCUT2D eigenvalue weighted by Crippen LogP contribution is -2.38. The summed E-state index contributed by atoms with van der Waals surface area (Å²) in [5.41, 5.74) is 1.99. The molecule has 1 heterocycles. The molecular formula is C22H32IN5O3. The van der Waals surface area contributed by atoms with Crippen LogP contribution in [0.3, 0.4) is 0 Å². The van der Waals surface area contributed by atoms with Crippen molar-refractivity contribution < 1.29 is 14.3 Å². The third-order valence-corrected chi connectivity index (χ3v) is 4.26. The number of hydrogen-bond acceptors (Lipinski definition) is 5. The number of pyridine rings is 1. The third kappa shape index (κ3) is 9.41. The lowest BCUT2D eigenvalue weighted by molar-refractivity contribution is -0.116. The Hall–Kier alpha value is -2.56. The van der Waals surface area contributed by atoms with Gasteiger partial charge in [-0.25, -0.2) is 4.98 Å². The van der Waals surface area contributed by atoms with Crippen molar-refractivity contribution in [3.8, 4) is 11.5 Å². The molecule has 0 bridgehead atoms. The molecule has 1 aromatic carbocycles. The molecule has 0 fully saturated rings. The van der Waals surface area contributed by atoms with Crippen LogP contribution in [0.15, 0.2) is 41.4 Å². The second-order valence-electron chi connectivity index (χ2n) is 6.59. The topological polar surface area (TPSA) is 96.9 Å². The van der Waals surface area contributed by atoms with E-state index in [1.165, 1.54) is 0 Å². The molecule has 0 aliphatic heterocycles. The quantitative estimate of drug-likeness (QED) is 0.243. The van der Waals surface area contributed by atoms with Crippen LogP contribution < -0.4 is 25.4 Å². The second kappa shape index (κ2) is 14.4. The van der Waals surface area contributed by atoms with Crippen molar-refractivity contribution in [2.45, 2.75) is 26.7 Å². The first-order valence-electron chi connectivity index (χ1n) is 10.0. The van der Waals surface area contributed by atoms with Crippen LogP contribution in [0.2, 0.25) is 0 Å². The van der Waals surface area contributed by atoms with E-state index in [1.54, 1.807) is 20.3 Å². The molecule has 0 aliphatic carbocycles. The predicted molar refractivity (Wildman–Crippen MR) is 135 cm³/mol. The number of hydrogen-bond donors (Lipinski definition) is 3. The molecule has 0 aliphatic rings. The van der Waals surface area contributed by atoms with Crippen LogP contribution in [-0.4, -0.2) is 50.7 Å². The molecule has 170 valence electrons. The Morgan fingerprint density at radius 3 is 2.55 bits per heavy atom. The van der Waals surface area contributed by atoms with Gasteiger partial charge in [0, 0.05) is 25.2 Å². The Morgan fingerprint density at radius 1 is 1.10 bits per heavy atom. The van der Waals surface area contributed by atoms with Gasteiger partial charge in [-0.1, -0.05) is 12.1 Å². The normalized spacial score (nSPS) is 10.6. The summed E-state index contributed by atoms with van der Waals surface area (Å²) in [6.45, 7) is 5.70. The van der Waals surface area contributed by atoms with Crippen LogP contribution in [0, 0.1) is 6.92 Å². The van der Waals surface area contributed by atoms with Gasteiger partial charge in [0.2, 0.25) is 5.91 Å². The van der Waals surface area contributed by atoms with Crippen LogP contribution in [0.5, 0.6) is 11.5 Å². The van der Waals surface area contributed by atoms with Gasteiger partial charge in [-0.05, 0) is 50.1 Å². The zero-order valence-corrected chi connectivity index (χ0v) is 20.9. The smallest absolute Gasteiger partial charge is 0.227 e. The number of aromatic nitrogens is 1. The van der Waals surface area contributed by atoms with Gasteiger partial charge in [-0.3, -0.25) is 9.79 Å². The second-order valence-corrected chi connectivity index (χ2v) is 6.59. The molecule has 9 heteroatoms. The van der Waals surface area contributed by atoms with E-state index in [9.17, 15) is 4.79 Å². The maximum absolute atomic E-state index is 12.1. The molecule has 2 rings (SSSR count). The minimum Gasteiger partial charge on any atom is -0.493 e. The molecule has 0 unspecified atom stereocenters. The van der Waals surface area contributed by atoms with Crippen LogP contribution in [0.1, 0.15) is 24.6 Å². The Balaban J connectivity index is 0.00000480. The number of methoxy groups -OCH3 is 2. The Labute approximate surface area is 201 Å². The summed E-state index contributed by atoms with van der Waals surface area (Å²) < 4.78 is 10.6. The highest BCUT2D eigenvalue weighted by molar-refractivity contribution is 14.0. The predicted octanol–water partition coefficient (Wildman–Crippen LogP) is 3.15. The van der Waals surface area contributed by atoms with Crippen LogP contribution in [-0.2, 0) is 11.2 Å². The summed E-state index contributed by atoms with van der Waals surface area (Å²) in [4.78, 5) is 20.8. The van der Waals surface area contributed by atoms with Crippen LogP contribution >= 0.6 is 24.0 Å². The first-order valence-corrected chi connectivity index (χ1v) is 10.0. The highest BCUT2D eigenvalue weighted by atomic mass is 127. The van der Waals surface area contributed by atoms with Gasteiger partial charge < -0.3 is 25.4 Å². The Morgan fingerprint density at radius 2 is 1.87 bits per heavy atom. The van der Waals surface area contributed by atoms with Crippen molar-refractivity contribution in [1.29, 1.82) is 0 Å². The molecule has 31 heavy (non-hydrogen) atoms. The average Bonchev–Trinajstić information content (AvgIpc) is 2.73. The monoisotopic (exact) mass is 541 g/mol.